The maximum atomic E-state index is 10.5. The second-order valence-electron chi connectivity index (χ2n) is 18.0. The van der Waals surface area contributed by atoms with E-state index in [0.29, 0.717) is 23.7 Å². The van der Waals surface area contributed by atoms with E-state index in [1.807, 2.05) is 0 Å². The van der Waals surface area contributed by atoms with Gasteiger partial charge in [-0.3, -0.25) is 19.2 Å². The Bertz CT molecular complexity index is 869. The summed E-state index contributed by atoms with van der Waals surface area (Å²) in [5.74, 6) is -0.258. The molecule has 4 saturated carbocycles. The van der Waals surface area contributed by atoms with Gasteiger partial charge in [0.15, 0.2) is 0 Å². The molecule has 8 atom stereocenters. The van der Waals surface area contributed by atoms with E-state index in [2.05, 4.69) is 27.7 Å². The average molecular weight is 793 g/mol. The van der Waals surface area contributed by atoms with E-state index in [4.69, 9.17) is 20.4 Å². The number of carboxylic acid groups (broad SMARTS) is 4. The van der Waals surface area contributed by atoms with Crippen molar-refractivity contribution in [3.05, 3.63) is 0 Å². The van der Waals surface area contributed by atoms with Crippen molar-refractivity contribution < 1.29 is 39.6 Å². The molecule has 0 aromatic heterocycles. The number of hydrogen-bond donors (Lipinski definition) is 4. The Hall–Kier alpha value is -2.12. The minimum Gasteiger partial charge on any atom is -0.481 e. The molecule has 4 rings (SSSR count). The van der Waals surface area contributed by atoms with Gasteiger partial charge in [-0.05, 0) is 75.0 Å². The number of aliphatic carboxylic acids is 4. The van der Waals surface area contributed by atoms with Crippen LogP contribution >= 0.6 is 0 Å². The number of carbonyl (C=O) groups is 4. The molecule has 4 N–H and O–H groups in total. The molecule has 4 aliphatic carbocycles. The second-order valence-corrected chi connectivity index (χ2v) is 18.0. The monoisotopic (exact) mass is 793 g/mol. The van der Waals surface area contributed by atoms with Gasteiger partial charge in [0, 0.05) is 0 Å². The van der Waals surface area contributed by atoms with E-state index in [1.54, 1.807) is 0 Å². The molecule has 0 bridgehead atoms. The molecule has 0 aromatic rings. The lowest BCUT2D eigenvalue weighted by atomic mass is 10.1. The van der Waals surface area contributed by atoms with Crippen LogP contribution in [0.25, 0.3) is 0 Å². The Kier molecular flexibility index (Phi) is 30.4. The zero-order valence-electron chi connectivity index (χ0n) is 36.7. The zero-order chi connectivity index (χ0) is 41.6. The molecule has 8 nitrogen and oxygen atoms in total. The van der Waals surface area contributed by atoms with Gasteiger partial charge in [0.25, 0.3) is 0 Å². The molecule has 0 radical (unpaired) electrons. The van der Waals surface area contributed by atoms with Crippen molar-refractivity contribution in [3.63, 3.8) is 0 Å². The summed E-state index contributed by atoms with van der Waals surface area (Å²) in [6, 6.07) is 0. The van der Waals surface area contributed by atoms with Crippen molar-refractivity contribution in [2.24, 2.45) is 47.3 Å². The van der Waals surface area contributed by atoms with Crippen molar-refractivity contribution in [2.75, 3.05) is 0 Å². The first-order valence-electron chi connectivity index (χ1n) is 23.9. The highest BCUT2D eigenvalue weighted by atomic mass is 16.4. The van der Waals surface area contributed by atoms with Crippen LogP contribution in [0, 0.1) is 47.3 Å². The van der Waals surface area contributed by atoms with Crippen molar-refractivity contribution in [3.8, 4) is 0 Å². The molecule has 0 saturated heterocycles. The molecular weight excluding hydrogens is 705 g/mol. The van der Waals surface area contributed by atoms with Crippen LogP contribution in [0.15, 0.2) is 0 Å². The fourth-order valence-corrected chi connectivity index (χ4v) is 8.22. The molecule has 4 aliphatic rings. The number of unbranched alkanes of at least 4 members (excludes halogenated alkanes) is 20. The maximum Gasteiger partial charge on any atom is 0.306 e. The highest BCUT2D eigenvalue weighted by Crippen LogP contribution is 2.44. The summed E-state index contributed by atoms with van der Waals surface area (Å²) < 4.78 is 0. The second kappa shape index (κ2) is 32.8. The molecule has 8 heteroatoms. The van der Waals surface area contributed by atoms with Gasteiger partial charge in [0.05, 0.1) is 23.7 Å². The van der Waals surface area contributed by atoms with Crippen molar-refractivity contribution in [1.82, 2.24) is 0 Å². The molecule has 0 amide bonds. The Balaban J connectivity index is 0.000000373. The minimum atomic E-state index is -0.582. The van der Waals surface area contributed by atoms with Gasteiger partial charge in [-0.1, -0.05) is 182 Å². The van der Waals surface area contributed by atoms with Crippen LogP contribution in [0.3, 0.4) is 0 Å². The molecule has 0 unspecified atom stereocenters. The first-order chi connectivity index (χ1) is 27.0. The molecule has 56 heavy (non-hydrogen) atoms. The third kappa shape index (κ3) is 27.5. The van der Waals surface area contributed by atoms with Crippen LogP contribution in [0.1, 0.15) is 233 Å². The number of carboxylic acids is 4. The molecular formula is C48H88O8. The summed E-state index contributed by atoms with van der Waals surface area (Å²) >= 11 is 0. The van der Waals surface area contributed by atoms with E-state index in [0.717, 1.165) is 51.4 Å². The van der Waals surface area contributed by atoms with Gasteiger partial charge in [0.1, 0.15) is 0 Å². The maximum absolute atomic E-state index is 10.5. The van der Waals surface area contributed by atoms with Gasteiger partial charge in [-0.15, -0.1) is 0 Å². The third-order valence-corrected chi connectivity index (χ3v) is 12.7. The summed E-state index contributed by atoms with van der Waals surface area (Å²) in [5, 5.41) is 34.8. The number of hydrogen-bond acceptors (Lipinski definition) is 4. The highest BCUT2D eigenvalue weighted by molar-refractivity contribution is 5.74. The van der Waals surface area contributed by atoms with Crippen molar-refractivity contribution in [2.45, 2.75) is 233 Å². The lowest BCUT2D eigenvalue weighted by Crippen LogP contribution is -1.99. The van der Waals surface area contributed by atoms with Crippen LogP contribution in [0.4, 0.5) is 0 Å². The molecule has 0 heterocycles. The van der Waals surface area contributed by atoms with Gasteiger partial charge in [-0.2, -0.15) is 0 Å². The molecule has 4 fully saturated rings. The Labute approximate surface area is 343 Å². The largest absolute Gasteiger partial charge is 0.481 e. The van der Waals surface area contributed by atoms with Crippen LogP contribution in [-0.2, 0) is 19.2 Å². The van der Waals surface area contributed by atoms with E-state index in [-0.39, 0.29) is 23.7 Å². The van der Waals surface area contributed by atoms with E-state index in [1.165, 1.54) is 154 Å². The SMILES string of the molecule is CCCCCCCC[C@@H]1C[C@@H]1C(=O)O.CCCCCCCC[C@@H]1C[C@H]1C(=O)O.CCCCCCCC[C@H]1C[C@@H]1C(=O)O.CCCCCCCC[C@H]1C[C@H]1C(=O)O. The number of rotatable bonds is 32. The summed E-state index contributed by atoms with van der Waals surface area (Å²) in [4.78, 5) is 42.2. The first-order valence-corrected chi connectivity index (χ1v) is 23.9. The quantitative estimate of drug-likeness (QED) is 0.0492. The fraction of sp³-hybridized carbons (Fsp3) is 0.917. The molecule has 328 valence electrons. The highest BCUT2D eigenvalue weighted by Gasteiger charge is 2.44. The van der Waals surface area contributed by atoms with Crippen LogP contribution in [0.2, 0.25) is 0 Å². The molecule has 0 aromatic carbocycles. The predicted octanol–water partition coefficient (Wildman–Crippen LogP) is 13.8. The Morgan fingerprint density at radius 1 is 0.304 bits per heavy atom. The lowest BCUT2D eigenvalue weighted by molar-refractivity contribution is -0.139. The minimum absolute atomic E-state index is 0.00522. The smallest absolute Gasteiger partial charge is 0.306 e. The average Bonchev–Trinajstić information content (AvgIpc) is 3.98. The fourth-order valence-electron chi connectivity index (χ4n) is 8.22. The van der Waals surface area contributed by atoms with Crippen LogP contribution in [-0.4, -0.2) is 44.3 Å². The van der Waals surface area contributed by atoms with Gasteiger partial charge < -0.3 is 20.4 Å². The third-order valence-electron chi connectivity index (χ3n) is 12.7. The normalized spacial score (nSPS) is 24.9. The lowest BCUT2D eigenvalue weighted by Gasteiger charge is -1.99. The molecule has 0 aliphatic heterocycles. The van der Waals surface area contributed by atoms with E-state index in [9.17, 15) is 19.2 Å². The Morgan fingerprint density at radius 3 is 0.607 bits per heavy atom. The topological polar surface area (TPSA) is 149 Å². The van der Waals surface area contributed by atoms with Crippen molar-refractivity contribution >= 4 is 23.9 Å². The summed E-state index contributed by atoms with van der Waals surface area (Å²) in [6.45, 7) is 8.90. The van der Waals surface area contributed by atoms with E-state index >= 15 is 0 Å². The van der Waals surface area contributed by atoms with Gasteiger partial charge in [-0.25, -0.2) is 0 Å². The van der Waals surface area contributed by atoms with E-state index < -0.39 is 23.9 Å². The standard InChI is InChI=1S/4C12H22O2/c4*1-2-3-4-5-6-7-8-10-9-11(10)12(13)14/h4*10-11H,2-9H2,1H3,(H,13,14)/t2*10-,11+;2*10-,11-/m1010/s1. The summed E-state index contributed by atoms with van der Waals surface area (Å²) in [5.41, 5.74) is 0. The van der Waals surface area contributed by atoms with Crippen molar-refractivity contribution in [1.29, 1.82) is 0 Å². The predicted molar refractivity (Wildman–Crippen MR) is 229 cm³/mol. The Morgan fingerprint density at radius 2 is 0.464 bits per heavy atom. The molecule has 0 spiro atoms. The first kappa shape index (κ1) is 51.9. The van der Waals surface area contributed by atoms with Crippen LogP contribution in [0.5, 0.6) is 0 Å². The van der Waals surface area contributed by atoms with Gasteiger partial charge >= 0.3 is 23.9 Å². The van der Waals surface area contributed by atoms with Crippen LogP contribution < -0.4 is 0 Å². The zero-order valence-corrected chi connectivity index (χ0v) is 36.7. The summed E-state index contributed by atoms with van der Waals surface area (Å²) in [7, 11) is 0. The summed E-state index contributed by atoms with van der Waals surface area (Å²) in [6.07, 6.45) is 39.7. The van der Waals surface area contributed by atoms with Gasteiger partial charge in [0.2, 0.25) is 0 Å².